The van der Waals surface area contributed by atoms with Crippen LogP contribution in [-0.2, 0) is 0 Å². The van der Waals surface area contributed by atoms with E-state index in [2.05, 4.69) is 6.92 Å². The molecule has 0 aromatic heterocycles. The van der Waals surface area contributed by atoms with Crippen molar-refractivity contribution in [1.29, 1.82) is 0 Å². The first-order valence-corrected chi connectivity index (χ1v) is 6.65. The van der Waals surface area contributed by atoms with E-state index < -0.39 is 11.0 Å². The maximum atomic E-state index is 11.1. The van der Waals surface area contributed by atoms with Crippen LogP contribution in [0.25, 0.3) is 0 Å². The smallest absolute Gasteiger partial charge is 0.292 e. The van der Waals surface area contributed by atoms with Crippen molar-refractivity contribution in [3.63, 3.8) is 0 Å². The summed E-state index contributed by atoms with van der Waals surface area (Å²) in [5, 5.41) is 20.6. The van der Waals surface area contributed by atoms with Crippen LogP contribution in [0, 0.1) is 10.1 Å². The SMILES string of the molecule is CCCCCN(C)c1ccc([C@H](C)O)cc1[N+](=O)[O-]. The van der Waals surface area contributed by atoms with Gasteiger partial charge in [-0.2, -0.15) is 0 Å². The molecule has 0 aliphatic heterocycles. The molecule has 0 unspecified atom stereocenters. The molecule has 0 saturated carbocycles. The highest BCUT2D eigenvalue weighted by atomic mass is 16.6. The zero-order chi connectivity index (χ0) is 14.4. The quantitative estimate of drug-likeness (QED) is 0.467. The summed E-state index contributed by atoms with van der Waals surface area (Å²) < 4.78 is 0. The number of hydrogen-bond acceptors (Lipinski definition) is 4. The maximum Gasteiger partial charge on any atom is 0.292 e. The minimum atomic E-state index is -0.696. The average Bonchev–Trinajstić information content (AvgIpc) is 2.38. The van der Waals surface area contributed by atoms with Crippen molar-refractivity contribution < 1.29 is 10.0 Å². The standard InChI is InChI=1S/C14H22N2O3/c1-4-5-6-9-15(3)13-8-7-12(11(2)17)10-14(13)16(18)19/h7-8,10-11,17H,4-6,9H2,1-3H3/t11-/m0/s1. The van der Waals surface area contributed by atoms with Crippen LogP contribution in [0.4, 0.5) is 11.4 Å². The van der Waals surface area contributed by atoms with Crippen LogP contribution in [0.15, 0.2) is 18.2 Å². The Balaban J connectivity index is 2.96. The number of unbranched alkanes of at least 4 members (excludes halogenated alkanes) is 2. The monoisotopic (exact) mass is 266 g/mol. The predicted molar refractivity (Wildman–Crippen MR) is 76.5 cm³/mol. The highest BCUT2D eigenvalue weighted by Crippen LogP contribution is 2.30. The van der Waals surface area contributed by atoms with E-state index in [1.54, 1.807) is 19.1 Å². The summed E-state index contributed by atoms with van der Waals surface area (Å²) in [6.07, 6.45) is 2.56. The number of aliphatic hydroxyl groups is 1. The number of hydrogen-bond donors (Lipinski definition) is 1. The number of aliphatic hydroxyl groups excluding tert-OH is 1. The Kier molecular flexibility index (Phi) is 5.76. The second kappa shape index (κ2) is 7.09. The summed E-state index contributed by atoms with van der Waals surface area (Å²) >= 11 is 0. The normalized spacial score (nSPS) is 12.2. The van der Waals surface area contributed by atoms with Gasteiger partial charge in [0.2, 0.25) is 0 Å². The molecule has 1 rings (SSSR count). The lowest BCUT2D eigenvalue weighted by Gasteiger charge is -2.19. The van der Waals surface area contributed by atoms with Crippen molar-refractivity contribution in [1.82, 2.24) is 0 Å². The fourth-order valence-electron chi connectivity index (χ4n) is 1.99. The van der Waals surface area contributed by atoms with Crippen LogP contribution < -0.4 is 4.90 Å². The third kappa shape index (κ3) is 4.21. The molecule has 0 heterocycles. The molecule has 0 aliphatic rings. The fraction of sp³-hybridized carbons (Fsp3) is 0.571. The summed E-state index contributed by atoms with van der Waals surface area (Å²) in [6.45, 7) is 4.52. The summed E-state index contributed by atoms with van der Waals surface area (Å²) in [7, 11) is 1.86. The molecule has 0 saturated heterocycles. The first-order valence-electron chi connectivity index (χ1n) is 6.65. The van der Waals surface area contributed by atoms with Gasteiger partial charge in [-0.1, -0.05) is 25.8 Å². The molecule has 0 spiro atoms. The molecule has 0 radical (unpaired) electrons. The predicted octanol–water partition coefficient (Wildman–Crippen LogP) is 3.27. The molecule has 0 amide bonds. The van der Waals surface area contributed by atoms with Crippen LogP contribution in [0.3, 0.4) is 0 Å². The number of nitro groups is 1. The Morgan fingerprint density at radius 1 is 1.42 bits per heavy atom. The molecule has 0 aliphatic carbocycles. The average molecular weight is 266 g/mol. The van der Waals surface area contributed by atoms with Crippen LogP contribution >= 0.6 is 0 Å². The Morgan fingerprint density at radius 2 is 2.11 bits per heavy atom. The number of anilines is 1. The highest BCUT2D eigenvalue weighted by Gasteiger charge is 2.18. The summed E-state index contributed by atoms with van der Waals surface area (Å²) in [5.74, 6) is 0. The van der Waals surface area contributed by atoms with E-state index in [1.807, 2.05) is 11.9 Å². The molecule has 1 aromatic carbocycles. The highest BCUT2D eigenvalue weighted by molar-refractivity contribution is 5.64. The van der Waals surface area contributed by atoms with Crippen molar-refractivity contribution in [2.45, 2.75) is 39.2 Å². The lowest BCUT2D eigenvalue weighted by molar-refractivity contribution is -0.384. The number of rotatable bonds is 7. The van der Waals surface area contributed by atoms with E-state index in [0.29, 0.717) is 11.3 Å². The van der Waals surface area contributed by atoms with Gasteiger partial charge in [-0.05, 0) is 25.0 Å². The van der Waals surface area contributed by atoms with Crippen molar-refractivity contribution in [2.24, 2.45) is 0 Å². The third-order valence-electron chi connectivity index (χ3n) is 3.19. The van der Waals surface area contributed by atoms with Gasteiger partial charge in [0.25, 0.3) is 5.69 Å². The Labute approximate surface area is 114 Å². The van der Waals surface area contributed by atoms with Gasteiger partial charge in [-0.3, -0.25) is 10.1 Å². The van der Waals surface area contributed by atoms with Gasteiger partial charge in [0.1, 0.15) is 5.69 Å². The van der Waals surface area contributed by atoms with Crippen LogP contribution in [0.2, 0.25) is 0 Å². The molecule has 106 valence electrons. The second-order valence-electron chi connectivity index (χ2n) is 4.81. The molecule has 1 aromatic rings. The minimum Gasteiger partial charge on any atom is -0.389 e. The van der Waals surface area contributed by atoms with Crippen molar-refractivity contribution in [3.8, 4) is 0 Å². The lowest BCUT2D eigenvalue weighted by atomic mass is 10.1. The summed E-state index contributed by atoms with van der Waals surface area (Å²) in [4.78, 5) is 12.6. The number of nitrogens with zero attached hydrogens (tertiary/aromatic N) is 2. The fourth-order valence-corrected chi connectivity index (χ4v) is 1.99. The molecule has 5 nitrogen and oxygen atoms in total. The minimum absolute atomic E-state index is 0.0531. The molecule has 19 heavy (non-hydrogen) atoms. The zero-order valence-electron chi connectivity index (χ0n) is 11.8. The molecule has 0 fully saturated rings. The lowest BCUT2D eigenvalue weighted by Crippen LogP contribution is -2.19. The van der Waals surface area contributed by atoms with E-state index in [-0.39, 0.29) is 5.69 Å². The maximum absolute atomic E-state index is 11.1. The molecule has 1 N–H and O–H groups in total. The van der Waals surface area contributed by atoms with Gasteiger partial charge < -0.3 is 10.0 Å². The molecule has 0 bridgehead atoms. The van der Waals surface area contributed by atoms with Gasteiger partial charge >= 0.3 is 0 Å². The van der Waals surface area contributed by atoms with E-state index in [0.717, 1.165) is 25.8 Å². The van der Waals surface area contributed by atoms with Crippen LogP contribution in [0.1, 0.15) is 44.8 Å². The van der Waals surface area contributed by atoms with Gasteiger partial charge in [-0.25, -0.2) is 0 Å². The summed E-state index contributed by atoms with van der Waals surface area (Å²) in [5.41, 5.74) is 1.22. The van der Waals surface area contributed by atoms with Crippen LogP contribution in [-0.4, -0.2) is 23.6 Å². The molecule has 1 atom stereocenters. The first kappa shape index (κ1) is 15.4. The molecule has 5 heteroatoms. The molecular formula is C14H22N2O3. The Bertz CT molecular complexity index is 433. The van der Waals surface area contributed by atoms with Gasteiger partial charge in [0.15, 0.2) is 0 Å². The number of benzene rings is 1. The van der Waals surface area contributed by atoms with Crippen molar-refractivity contribution in [2.75, 3.05) is 18.5 Å². The third-order valence-corrected chi connectivity index (χ3v) is 3.19. The second-order valence-corrected chi connectivity index (χ2v) is 4.81. The van der Waals surface area contributed by atoms with Crippen molar-refractivity contribution >= 4 is 11.4 Å². The van der Waals surface area contributed by atoms with Gasteiger partial charge in [0.05, 0.1) is 11.0 Å². The van der Waals surface area contributed by atoms with Crippen LogP contribution in [0.5, 0.6) is 0 Å². The van der Waals surface area contributed by atoms with Gasteiger partial charge in [0, 0.05) is 19.7 Å². The number of nitro benzene ring substituents is 1. The zero-order valence-corrected chi connectivity index (χ0v) is 11.8. The van der Waals surface area contributed by atoms with E-state index in [9.17, 15) is 15.2 Å². The largest absolute Gasteiger partial charge is 0.389 e. The first-order chi connectivity index (χ1) is 8.97. The van der Waals surface area contributed by atoms with E-state index in [4.69, 9.17) is 0 Å². The van der Waals surface area contributed by atoms with Gasteiger partial charge in [-0.15, -0.1) is 0 Å². The van der Waals surface area contributed by atoms with E-state index >= 15 is 0 Å². The van der Waals surface area contributed by atoms with E-state index in [1.165, 1.54) is 6.07 Å². The topological polar surface area (TPSA) is 66.6 Å². The van der Waals surface area contributed by atoms with Crippen molar-refractivity contribution in [3.05, 3.63) is 33.9 Å². The Morgan fingerprint density at radius 3 is 2.63 bits per heavy atom. The summed E-state index contributed by atoms with van der Waals surface area (Å²) in [6, 6.07) is 4.91. The Hall–Kier alpha value is -1.62. The molecular weight excluding hydrogens is 244 g/mol.